The number of nitrogens with zero attached hydrogens (tertiary/aromatic N) is 1. The Morgan fingerprint density at radius 1 is 1.25 bits per heavy atom. The molecule has 1 N–H and O–H groups in total. The summed E-state index contributed by atoms with van der Waals surface area (Å²) in [5.41, 5.74) is 3.22. The second-order valence-electron chi connectivity index (χ2n) is 5.15. The predicted octanol–water partition coefficient (Wildman–Crippen LogP) is 3.59. The van der Waals surface area contributed by atoms with E-state index in [1.165, 1.54) is 0 Å². The van der Waals surface area contributed by atoms with Crippen LogP contribution in [0, 0.1) is 6.92 Å². The third-order valence-corrected chi connectivity index (χ3v) is 3.32. The largest absolute Gasteiger partial charge is 0.458 e. The Hall–Kier alpha value is -2.36. The molecule has 1 aromatic carbocycles. The van der Waals surface area contributed by atoms with Crippen LogP contribution in [0.25, 0.3) is 21.8 Å². The first-order valence-electron chi connectivity index (χ1n) is 6.65. The fourth-order valence-electron chi connectivity index (χ4n) is 2.48. The fourth-order valence-corrected chi connectivity index (χ4v) is 2.48. The average Bonchev–Trinajstić information content (AvgIpc) is 2.77. The number of aromatic nitrogens is 2. The van der Waals surface area contributed by atoms with Gasteiger partial charge >= 0.3 is 5.97 Å². The van der Waals surface area contributed by atoms with Crippen molar-refractivity contribution in [3.05, 3.63) is 41.7 Å². The van der Waals surface area contributed by atoms with E-state index in [4.69, 9.17) is 4.74 Å². The van der Waals surface area contributed by atoms with Gasteiger partial charge in [0, 0.05) is 16.3 Å². The molecular formula is C16H16N2O2. The lowest BCUT2D eigenvalue weighted by atomic mass is 10.1. The standard InChI is InChI=1S/C16H16N2O2/c1-9(2)20-16(19)15-10(3)14-11-6-4-5-7-12(11)18-13(14)8-17-15/h4-9,18H,1-3H3. The van der Waals surface area contributed by atoms with E-state index >= 15 is 0 Å². The van der Waals surface area contributed by atoms with Crippen LogP contribution in [0.2, 0.25) is 0 Å². The van der Waals surface area contributed by atoms with Crippen LogP contribution in [0.5, 0.6) is 0 Å². The molecule has 4 heteroatoms. The predicted molar refractivity (Wildman–Crippen MR) is 78.9 cm³/mol. The van der Waals surface area contributed by atoms with Crippen molar-refractivity contribution < 1.29 is 9.53 Å². The fraction of sp³-hybridized carbons (Fsp3) is 0.250. The Balaban J connectivity index is 2.24. The molecule has 3 rings (SSSR count). The Labute approximate surface area is 116 Å². The highest BCUT2D eigenvalue weighted by Crippen LogP contribution is 2.29. The van der Waals surface area contributed by atoms with Gasteiger partial charge in [-0.05, 0) is 32.4 Å². The number of H-pyrrole nitrogens is 1. The molecule has 0 aliphatic carbocycles. The van der Waals surface area contributed by atoms with Crippen molar-refractivity contribution >= 4 is 27.8 Å². The van der Waals surface area contributed by atoms with Gasteiger partial charge in [0.25, 0.3) is 0 Å². The van der Waals surface area contributed by atoms with Crippen LogP contribution in [-0.2, 0) is 4.74 Å². The van der Waals surface area contributed by atoms with E-state index in [0.29, 0.717) is 5.69 Å². The highest BCUT2D eigenvalue weighted by atomic mass is 16.5. The number of aromatic amines is 1. The number of hydrogen-bond acceptors (Lipinski definition) is 3. The van der Waals surface area contributed by atoms with Gasteiger partial charge in [-0.25, -0.2) is 9.78 Å². The maximum atomic E-state index is 12.1. The molecule has 0 spiro atoms. The number of pyridine rings is 1. The molecule has 102 valence electrons. The number of carbonyl (C=O) groups excluding carboxylic acids is 1. The number of rotatable bonds is 2. The van der Waals surface area contributed by atoms with Crippen LogP contribution < -0.4 is 0 Å². The number of aryl methyl sites for hydroxylation is 1. The summed E-state index contributed by atoms with van der Waals surface area (Å²) in [5, 5.41) is 2.13. The third-order valence-electron chi connectivity index (χ3n) is 3.32. The molecule has 0 aliphatic heterocycles. The zero-order chi connectivity index (χ0) is 14.3. The number of fused-ring (bicyclic) bond motifs is 3. The number of benzene rings is 1. The van der Waals surface area contributed by atoms with Crippen molar-refractivity contribution in [3.63, 3.8) is 0 Å². The normalized spacial score (nSPS) is 11.4. The Morgan fingerprint density at radius 2 is 2.00 bits per heavy atom. The quantitative estimate of drug-likeness (QED) is 0.723. The van der Waals surface area contributed by atoms with Gasteiger partial charge in [0.2, 0.25) is 0 Å². The molecule has 0 saturated carbocycles. The van der Waals surface area contributed by atoms with E-state index < -0.39 is 0 Å². The molecule has 2 heterocycles. The van der Waals surface area contributed by atoms with Gasteiger partial charge in [-0.2, -0.15) is 0 Å². The Kier molecular flexibility index (Phi) is 2.93. The smallest absolute Gasteiger partial charge is 0.357 e. The minimum Gasteiger partial charge on any atom is -0.458 e. The molecule has 0 fully saturated rings. The second-order valence-corrected chi connectivity index (χ2v) is 5.15. The second kappa shape index (κ2) is 4.63. The zero-order valence-electron chi connectivity index (χ0n) is 11.7. The summed E-state index contributed by atoms with van der Waals surface area (Å²) in [4.78, 5) is 19.6. The summed E-state index contributed by atoms with van der Waals surface area (Å²) in [6.07, 6.45) is 1.54. The van der Waals surface area contributed by atoms with Gasteiger partial charge in [-0.3, -0.25) is 0 Å². The molecule has 0 aliphatic rings. The summed E-state index contributed by atoms with van der Waals surface area (Å²) < 4.78 is 5.24. The van der Waals surface area contributed by atoms with E-state index in [2.05, 4.69) is 9.97 Å². The van der Waals surface area contributed by atoms with Crippen molar-refractivity contribution in [2.45, 2.75) is 26.9 Å². The van der Waals surface area contributed by atoms with Crippen molar-refractivity contribution in [1.29, 1.82) is 0 Å². The molecule has 4 nitrogen and oxygen atoms in total. The van der Waals surface area contributed by atoms with E-state index in [1.807, 2.05) is 45.0 Å². The van der Waals surface area contributed by atoms with Crippen LogP contribution in [-0.4, -0.2) is 22.0 Å². The molecular weight excluding hydrogens is 252 g/mol. The maximum Gasteiger partial charge on any atom is 0.357 e. The van der Waals surface area contributed by atoms with Crippen LogP contribution in [0.15, 0.2) is 30.5 Å². The van der Waals surface area contributed by atoms with Gasteiger partial charge in [0.1, 0.15) is 0 Å². The third kappa shape index (κ3) is 1.93. The van der Waals surface area contributed by atoms with E-state index in [-0.39, 0.29) is 12.1 Å². The van der Waals surface area contributed by atoms with Crippen molar-refractivity contribution in [2.75, 3.05) is 0 Å². The summed E-state index contributed by atoms with van der Waals surface area (Å²) >= 11 is 0. The van der Waals surface area contributed by atoms with Crippen molar-refractivity contribution in [1.82, 2.24) is 9.97 Å². The average molecular weight is 268 g/mol. The number of nitrogens with one attached hydrogen (secondary N) is 1. The molecule has 3 aromatic rings. The van der Waals surface area contributed by atoms with Crippen molar-refractivity contribution in [3.8, 4) is 0 Å². The molecule has 0 saturated heterocycles. The van der Waals surface area contributed by atoms with Gasteiger partial charge in [0.05, 0.1) is 17.8 Å². The number of carbonyl (C=O) groups is 1. The first-order chi connectivity index (χ1) is 9.58. The lowest BCUT2D eigenvalue weighted by Crippen LogP contribution is -2.14. The summed E-state index contributed by atoms with van der Waals surface area (Å²) in [6, 6.07) is 8.02. The lowest BCUT2D eigenvalue weighted by Gasteiger charge is -2.09. The van der Waals surface area contributed by atoms with E-state index in [9.17, 15) is 4.79 Å². The number of esters is 1. The minimum absolute atomic E-state index is 0.151. The lowest BCUT2D eigenvalue weighted by molar-refractivity contribution is 0.0370. The monoisotopic (exact) mass is 268 g/mol. The number of para-hydroxylation sites is 1. The first kappa shape index (κ1) is 12.7. The molecule has 0 atom stereocenters. The summed E-state index contributed by atoms with van der Waals surface area (Å²) in [5.74, 6) is -0.371. The van der Waals surface area contributed by atoms with E-state index in [0.717, 1.165) is 27.4 Å². The highest BCUT2D eigenvalue weighted by Gasteiger charge is 2.18. The maximum absolute atomic E-state index is 12.1. The summed E-state index contributed by atoms with van der Waals surface area (Å²) in [7, 11) is 0. The van der Waals surface area contributed by atoms with E-state index in [1.54, 1.807) is 6.20 Å². The van der Waals surface area contributed by atoms with Crippen LogP contribution >= 0.6 is 0 Å². The van der Waals surface area contributed by atoms with Gasteiger partial charge in [0.15, 0.2) is 5.69 Å². The Morgan fingerprint density at radius 3 is 2.75 bits per heavy atom. The molecule has 0 radical (unpaired) electrons. The molecule has 20 heavy (non-hydrogen) atoms. The van der Waals surface area contributed by atoms with Crippen LogP contribution in [0.1, 0.15) is 29.9 Å². The van der Waals surface area contributed by atoms with Crippen LogP contribution in [0.3, 0.4) is 0 Å². The SMILES string of the molecule is Cc1c(C(=O)OC(C)C)ncc2[nH]c3ccccc3c12. The molecule has 0 unspecified atom stereocenters. The first-order valence-corrected chi connectivity index (χ1v) is 6.65. The molecule has 0 bridgehead atoms. The Bertz CT molecular complexity index is 803. The van der Waals surface area contributed by atoms with Crippen molar-refractivity contribution in [2.24, 2.45) is 0 Å². The summed E-state index contributed by atoms with van der Waals surface area (Å²) in [6.45, 7) is 5.57. The molecule has 0 amide bonds. The van der Waals surface area contributed by atoms with Crippen LogP contribution in [0.4, 0.5) is 0 Å². The van der Waals surface area contributed by atoms with Gasteiger partial charge < -0.3 is 9.72 Å². The van der Waals surface area contributed by atoms with Gasteiger partial charge in [-0.1, -0.05) is 18.2 Å². The van der Waals surface area contributed by atoms with Gasteiger partial charge in [-0.15, -0.1) is 0 Å². The number of ether oxygens (including phenoxy) is 1. The minimum atomic E-state index is -0.371. The highest BCUT2D eigenvalue weighted by molar-refractivity contribution is 6.10. The molecule has 2 aromatic heterocycles. The zero-order valence-corrected chi connectivity index (χ0v) is 11.7. The topological polar surface area (TPSA) is 55.0 Å². The number of hydrogen-bond donors (Lipinski definition) is 1.